The number of nitrogens with zero attached hydrogens (tertiary/aromatic N) is 4. The molecule has 0 aliphatic carbocycles. The maximum atomic E-state index is 13.2. The number of hydrogen-bond acceptors (Lipinski definition) is 4. The Bertz CT molecular complexity index is 969. The molecule has 160 valence electrons. The monoisotopic (exact) mass is 414 g/mol. The quantitative estimate of drug-likeness (QED) is 0.577. The first-order valence-electron chi connectivity index (χ1n) is 11.0. The zero-order valence-electron chi connectivity index (χ0n) is 18.2. The van der Waals surface area contributed by atoms with Crippen LogP contribution in [0.2, 0.25) is 0 Å². The number of aryl methyl sites for hydroxylation is 1. The van der Waals surface area contributed by atoms with Gasteiger partial charge in [0.25, 0.3) is 5.91 Å². The van der Waals surface area contributed by atoms with Crippen LogP contribution in [0.5, 0.6) is 0 Å². The standard InChI is InChI=1S/C26H30N4O/c1-21-5-2-3-7-25(21)20-29-15-10-22(11-16-29)18-30(19-23-6-4-12-28-17-23)26(31)24-8-13-27-14-9-24/h2-9,12-14,17,22H,10-11,15-16,18-20H2,1H3. The molecule has 4 rings (SSSR count). The predicted molar refractivity (Wildman–Crippen MR) is 122 cm³/mol. The van der Waals surface area contributed by atoms with Crippen LogP contribution in [0.3, 0.4) is 0 Å². The third-order valence-electron chi connectivity index (χ3n) is 6.15. The highest BCUT2D eigenvalue weighted by Gasteiger charge is 2.25. The molecule has 0 N–H and O–H groups in total. The van der Waals surface area contributed by atoms with Gasteiger partial charge in [-0.3, -0.25) is 19.7 Å². The minimum Gasteiger partial charge on any atom is -0.334 e. The molecular formula is C26H30N4O. The van der Waals surface area contributed by atoms with Gasteiger partial charge in [0.05, 0.1) is 0 Å². The molecule has 0 bridgehead atoms. The molecule has 5 nitrogen and oxygen atoms in total. The van der Waals surface area contributed by atoms with Gasteiger partial charge in [0.2, 0.25) is 0 Å². The van der Waals surface area contributed by atoms with Crippen molar-refractivity contribution in [1.82, 2.24) is 19.8 Å². The van der Waals surface area contributed by atoms with Crippen molar-refractivity contribution in [2.24, 2.45) is 5.92 Å². The number of rotatable bonds is 7. The van der Waals surface area contributed by atoms with Crippen molar-refractivity contribution < 1.29 is 4.79 Å². The Morgan fingerprint density at radius 2 is 1.77 bits per heavy atom. The number of pyridine rings is 2. The molecular weight excluding hydrogens is 384 g/mol. The molecule has 5 heteroatoms. The molecule has 1 aliphatic heterocycles. The highest BCUT2D eigenvalue weighted by atomic mass is 16.2. The van der Waals surface area contributed by atoms with E-state index in [4.69, 9.17) is 0 Å². The topological polar surface area (TPSA) is 49.3 Å². The van der Waals surface area contributed by atoms with Crippen molar-refractivity contribution in [3.05, 3.63) is 95.6 Å². The SMILES string of the molecule is Cc1ccccc1CN1CCC(CN(Cc2cccnc2)C(=O)c2ccncc2)CC1. The van der Waals surface area contributed by atoms with Gasteiger partial charge in [-0.15, -0.1) is 0 Å². The average molecular weight is 415 g/mol. The molecule has 0 atom stereocenters. The van der Waals surface area contributed by atoms with E-state index < -0.39 is 0 Å². The van der Waals surface area contributed by atoms with Crippen LogP contribution < -0.4 is 0 Å². The zero-order chi connectivity index (χ0) is 21.5. The lowest BCUT2D eigenvalue weighted by molar-refractivity contribution is 0.0671. The second-order valence-electron chi connectivity index (χ2n) is 8.43. The summed E-state index contributed by atoms with van der Waals surface area (Å²) in [5, 5.41) is 0. The lowest BCUT2D eigenvalue weighted by Crippen LogP contribution is -2.40. The Hall–Kier alpha value is -3.05. The van der Waals surface area contributed by atoms with Crippen LogP contribution in [0.15, 0.2) is 73.3 Å². The summed E-state index contributed by atoms with van der Waals surface area (Å²) >= 11 is 0. The van der Waals surface area contributed by atoms with Gasteiger partial charge in [0.1, 0.15) is 0 Å². The van der Waals surface area contributed by atoms with Gasteiger partial charge >= 0.3 is 0 Å². The fourth-order valence-electron chi connectivity index (χ4n) is 4.28. The summed E-state index contributed by atoms with van der Waals surface area (Å²) < 4.78 is 0. The second kappa shape index (κ2) is 10.3. The summed E-state index contributed by atoms with van der Waals surface area (Å²) in [7, 11) is 0. The van der Waals surface area contributed by atoms with Gasteiger partial charge < -0.3 is 4.90 Å². The van der Waals surface area contributed by atoms with E-state index in [1.54, 1.807) is 30.7 Å². The van der Waals surface area contributed by atoms with E-state index in [0.29, 0.717) is 18.0 Å². The molecule has 3 aromatic rings. The van der Waals surface area contributed by atoms with E-state index in [9.17, 15) is 4.79 Å². The summed E-state index contributed by atoms with van der Waals surface area (Å²) in [6, 6.07) is 16.2. The zero-order valence-corrected chi connectivity index (χ0v) is 18.2. The molecule has 0 unspecified atom stereocenters. The summed E-state index contributed by atoms with van der Waals surface area (Å²) in [6.45, 7) is 6.69. The molecule has 1 aromatic carbocycles. The summed E-state index contributed by atoms with van der Waals surface area (Å²) in [6.07, 6.45) is 9.19. The van der Waals surface area contributed by atoms with Gasteiger partial charge in [0, 0.05) is 50.0 Å². The van der Waals surface area contributed by atoms with Crippen molar-refractivity contribution >= 4 is 5.91 Å². The van der Waals surface area contributed by atoms with Gasteiger partial charge in [-0.05, 0) is 73.7 Å². The maximum Gasteiger partial charge on any atom is 0.254 e. The van der Waals surface area contributed by atoms with E-state index in [0.717, 1.165) is 44.6 Å². The van der Waals surface area contributed by atoms with E-state index >= 15 is 0 Å². The largest absolute Gasteiger partial charge is 0.334 e. The van der Waals surface area contributed by atoms with Crippen molar-refractivity contribution in [2.45, 2.75) is 32.9 Å². The Labute approximate surface area is 184 Å². The van der Waals surface area contributed by atoms with Crippen LogP contribution in [-0.4, -0.2) is 45.3 Å². The van der Waals surface area contributed by atoms with E-state index in [2.05, 4.69) is 46.1 Å². The molecule has 31 heavy (non-hydrogen) atoms. The number of amides is 1. The number of carbonyl (C=O) groups excluding carboxylic acids is 1. The highest BCUT2D eigenvalue weighted by Crippen LogP contribution is 2.23. The fraction of sp³-hybridized carbons (Fsp3) is 0.346. The lowest BCUT2D eigenvalue weighted by Gasteiger charge is -2.35. The highest BCUT2D eigenvalue weighted by molar-refractivity contribution is 5.94. The molecule has 1 amide bonds. The Balaban J connectivity index is 1.39. The first-order valence-corrected chi connectivity index (χ1v) is 11.0. The number of carbonyl (C=O) groups is 1. The normalized spacial score (nSPS) is 15.0. The lowest BCUT2D eigenvalue weighted by atomic mass is 9.95. The second-order valence-corrected chi connectivity index (χ2v) is 8.43. The van der Waals surface area contributed by atoms with E-state index in [1.165, 1.54) is 11.1 Å². The third kappa shape index (κ3) is 5.76. The van der Waals surface area contributed by atoms with Crippen LogP contribution in [0.25, 0.3) is 0 Å². The molecule has 2 aromatic heterocycles. The summed E-state index contributed by atoms with van der Waals surface area (Å²) in [5.41, 5.74) is 4.51. The third-order valence-corrected chi connectivity index (χ3v) is 6.15. The van der Waals surface area contributed by atoms with E-state index in [-0.39, 0.29) is 5.91 Å². The van der Waals surface area contributed by atoms with Crippen LogP contribution in [-0.2, 0) is 13.1 Å². The Morgan fingerprint density at radius 1 is 1.00 bits per heavy atom. The Morgan fingerprint density at radius 3 is 2.48 bits per heavy atom. The number of benzene rings is 1. The molecule has 1 fully saturated rings. The molecule has 3 heterocycles. The average Bonchev–Trinajstić information content (AvgIpc) is 2.82. The minimum absolute atomic E-state index is 0.0635. The maximum absolute atomic E-state index is 13.2. The molecule has 1 aliphatic rings. The van der Waals surface area contributed by atoms with Crippen molar-refractivity contribution in [3.63, 3.8) is 0 Å². The van der Waals surface area contributed by atoms with Crippen LogP contribution >= 0.6 is 0 Å². The molecule has 0 radical (unpaired) electrons. The van der Waals surface area contributed by atoms with Gasteiger partial charge in [-0.25, -0.2) is 0 Å². The van der Waals surface area contributed by atoms with Gasteiger partial charge in [-0.2, -0.15) is 0 Å². The van der Waals surface area contributed by atoms with Crippen LogP contribution in [0, 0.1) is 12.8 Å². The molecule has 0 spiro atoms. The number of aromatic nitrogens is 2. The van der Waals surface area contributed by atoms with Crippen molar-refractivity contribution in [1.29, 1.82) is 0 Å². The first kappa shape index (κ1) is 21.2. The number of piperidine rings is 1. The summed E-state index contributed by atoms with van der Waals surface area (Å²) in [5.74, 6) is 0.573. The predicted octanol–water partition coefficient (Wildman–Crippen LogP) is 4.34. The van der Waals surface area contributed by atoms with Gasteiger partial charge in [0.15, 0.2) is 0 Å². The van der Waals surface area contributed by atoms with E-state index in [1.807, 2.05) is 23.2 Å². The summed E-state index contributed by atoms with van der Waals surface area (Å²) in [4.78, 5) is 26.0. The van der Waals surface area contributed by atoms with Gasteiger partial charge in [-0.1, -0.05) is 30.3 Å². The molecule has 0 saturated carbocycles. The van der Waals surface area contributed by atoms with Crippen LogP contribution in [0.4, 0.5) is 0 Å². The Kier molecular flexibility index (Phi) is 7.05. The minimum atomic E-state index is 0.0635. The number of likely N-dealkylation sites (tertiary alicyclic amines) is 1. The smallest absolute Gasteiger partial charge is 0.254 e. The van der Waals surface area contributed by atoms with Crippen molar-refractivity contribution in [2.75, 3.05) is 19.6 Å². The fourth-order valence-corrected chi connectivity index (χ4v) is 4.28. The van der Waals surface area contributed by atoms with Crippen molar-refractivity contribution in [3.8, 4) is 0 Å². The van der Waals surface area contributed by atoms with Crippen LogP contribution in [0.1, 0.15) is 39.9 Å². The molecule has 1 saturated heterocycles. The number of hydrogen-bond donors (Lipinski definition) is 0. The first-order chi connectivity index (χ1) is 15.2.